The Bertz CT molecular complexity index is 388. The highest BCUT2D eigenvalue weighted by Crippen LogP contribution is 2.17. The van der Waals surface area contributed by atoms with Crippen LogP contribution in [0.4, 0.5) is 0 Å². The molecule has 0 amide bonds. The van der Waals surface area contributed by atoms with Gasteiger partial charge in [-0.3, -0.25) is 0 Å². The predicted molar refractivity (Wildman–Crippen MR) is 71.1 cm³/mol. The van der Waals surface area contributed by atoms with Crippen molar-refractivity contribution in [3.05, 3.63) is 41.5 Å². The number of rotatable bonds is 7. The van der Waals surface area contributed by atoms with Crippen LogP contribution in [0.25, 0.3) is 6.08 Å². The van der Waals surface area contributed by atoms with Crippen LogP contribution >= 0.6 is 11.8 Å². The summed E-state index contributed by atoms with van der Waals surface area (Å²) in [6, 6.07) is 7.81. The Morgan fingerprint density at radius 3 is 2.94 bits per heavy atom. The van der Waals surface area contributed by atoms with Crippen LogP contribution in [-0.2, 0) is 15.3 Å². The van der Waals surface area contributed by atoms with Crippen molar-refractivity contribution < 1.29 is 14.6 Å². The molecule has 0 saturated heterocycles. The topological polar surface area (TPSA) is 46.5 Å². The molecular weight excluding hydrogens is 236 g/mol. The number of hydrogen-bond donors (Lipinski definition) is 1. The third kappa shape index (κ3) is 5.56. The third-order valence-corrected chi connectivity index (χ3v) is 3.12. The highest BCUT2D eigenvalue weighted by molar-refractivity contribution is 7.98. The van der Waals surface area contributed by atoms with Gasteiger partial charge < -0.3 is 9.84 Å². The normalized spacial score (nSPS) is 10.9. The first-order valence-corrected chi connectivity index (χ1v) is 6.45. The number of carbonyl (C=O) groups is 1. The van der Waals surface area contributed by atoms with Crippen molar-refractivity contribution in [2.75, 3.05) is 19.5 Å². The van der Waals surface area contributed by atoms with E-state index in [9.17, 15) is 4.79 Å². The maximum absolute atomic E-state index is 10.5. The van der Waals surface area contributed by atoms with Gasteiger partial charge in [-0.2, -0.15) is 11.8 Å². The van der Waals surface area contributed by atoms with Crippen molar-refractivity contribution in [1.29, 1.82) is 0 Å². The van der Waals surface area contributed by atoms with Crippen molar-refractivity contribution in [3.8, 4) is 0 Å². The van der Waals surface area contributed by atoms with E-state index in [0.717, 1.165) is 29.2 Å². The molecule has 1 N–H and O–H groups in total. The van der Waals surface area contributed by atoms with E-state index in [4.69, 9.17) is 9.84 Å². The maximum atomic E-state index is 10.5. The molecule has 0 aromatic heterocycles. The molecule has 0 aliphatic heterocycles. The molecular formula is C13H16O3S. The SMILES string of the molecule is COCCSCc1ccccc1C=CC(=O)O. The van der Waals surface area contributed by atoms with E-state index >= 15 is 0 Å². The lowest BCUT2D eigenvalue weighted by Crippen LogP contribution is -1.94. The Morgan fingerprint density at radius 1 is 1.47 bits per heavy atom. The molecule has 1 rings (SSSR count). The smallest absolute Gasteiger partial charge is 0.328 e. The molecule has 1 aromatic rings. The molecule has 0 heterocycles. The molecule has 0 bridgehead atoms. The summed E-state index contributed by atoms with van der Waals surface area (Å²) in [5, 5.41) is 8.60. The standard InChI is InChI=1S/C13H16O3S/c1-16-8-9-17-10-12-5-3-2-4-11(12)6-7-13(14)15/h2-7H,8-10H2,1H3,(H,14,15). The molecule has 0 saturated carbocycles. The molecule has 0 unspecified atom stereocenters. The minimum atomic E-state index is -0.924. The fraction of sp³-hybridized carbons (Fsp3) is 0.308. The molecule has 1 aromatic carbocycles. The molecule has 4 heteroatoms. The van der Waals surface area contributed by atoms with Crippen LogP contribution in [0.2, 0.25) is 0 Å². The van der Waals surface area contributed by atoms with Crippen molar-refractivity contribution in [2.45, 2.75) is 5.75 Å². The lowest BCUT2D eigenvalue weighted by atomic mass is 10.1. The quantitative estimate of drug-likeness (QED) is 0.598. The first-order valence-electron chi connectivity index (χ1n) is 5.29. The van der Waals surface area contributed by atoms with Gasteiger partial charge in [-0.05, 0) is 17.2 Å². The molecule has 0 radical (unpaired) electrons. The number of aliphatic carboxylic acids is 1. The molecule has 0 atom stereocenters. The van der Waals surface area contributed by atoms with E-state index < -0.39 is 5.97 Å². The van der Waals surface area contributed by atoms with Gasteiger partial charge in [-0.25, -0.2) is 4.79 Å². The van der Waals surface area contributed by atoms with Gasteiger partial charge in [0.15, 0.2) is 0 Å². The summed E-state index contributed by atoms with van der Waals surface area (Å²) in [7, 11) is 1.68. The van der Waals surface area contributed by atoms with Gasteiger partial charge >= 0.3 is 5.97 Å². The Balaban J connectivity index is 2.61. The van der Waals surface area contributed by atoms with Gasteiger partial charge in [0, 0.05) is 24.7 Å². The zero-order valence-electron chi connectivity index (χ0n) is 9.76. The number of carboxylic acids is 1. The Morgan fingerprint density at radius 2 is 2.24 bits per heavy atom. The summed E-state index contributed by atoms with van der Waals surface area (Å²) in [6.45, 7) is 0.734. The van der Waals surface area contributed by atoms with Crippen molar-refractivity contribution in [3.63, 3.8) is 0 Å². The Hall–Kier alpha value is -1.26. The molecule has 0 aliphatic carbocycles. The highest BCUT2D eigenvalue weighted by atomic mass is 32.2. The average molecular weight is 252 g/mol. The van der Waals surface area contributed by atoms with E-state index in [1.54, 1.807) is 24.9 Å². The second kappa shape index (κ2) is 7.92. The first-order chi connectivity index (χ1) is 8.24. The molecule has 92 valence electrons. The van der Waals surface area contributed by atoms with E-state index in [2.05, 4.69) is 0 Å². The number of benzene rings is 1. The van der Waals surface area contributed by atoms with Crippen LogP contribution < -0.4 is 0 Å². The van der Waals surface area contributed by atoms with E-state index in [-0.39, 0.29) is 0 Å². The third-order valence-electron chi connectivity index (χ3n) is 2.15. The molecule has 0 aliphatic rings. The maximum Gasteiger partial charge on any atom is 0.328 e. The van der Waals surface area contributed by atoms with Crippen molar-refractivity contribution in [2.24, 2.45) is 0 Å². The van der Waals surface area contributed by atoms with Gasteiger partial charge in [-0.15, -0.1) is 0 Å². The second-order valence-corrected chi connectivity index (χ2v) is 4.52. The fourth-order valence-corrected chi connectivity index (χ4v) is 2.23. The minimum Gasteiger partial charge on any atom is -0.478 e. The van der Waals surface area contributed by atoms with E-state index in [1.165, 1.54) is 6.08 Å². The molecule has 3 nitrogen and oxygen atoms in total. The van der Waals surface area contributed by atoms with E-state index in [0.29, 0.717) is 0 Å². The molecule has 0 fully saturated rings. The van der Waals surface area contributed by atoms with Crippen LogP contribution in [-0.4, -0.2) is 30.5 Å². The number of carboxylic acid groups (broad SMARTS) is 1. The monoisotopic (exact) mass is 252 g/mol. The van der Waals surface area contributed by atoms with Crippen LogP contribution in [0, 0.1) is 0 Å². The second-order valence-electron chi connectivity index (χ2n) is 3.42. The minimum absolute atomic E-state index is 0.734. The number of thioether (sulfide) groups is 1. The predicted octanol–water partition coefficient (Wildman–Crippen LogP) is 2.66. The molecule has 0 spiro atoms. The van der Waals surface area contributed by atoms with Crippen LogP contribution in [0.3, 0.4) is 0 Å². The summed E-state index contributed by atoms with van der Waals surface area (Å²) in [4.78, 5) is 10.5. The summed E-state index contributed by atoms with van der Waals surface area (Å²) in [5.74, 6) is 0.878. The van der Waals surface area contributed by atoms with Gasteiger partial charge in [0.05, 0.1) is 6.61 Å². The number of hydrogen-bond acceptors (Lipinski definition) is 3. The fourth-order valence-electron chi connectivity index (χ4n) is 1.31. The van der Waals surface area contributed by atoms with Gasteiger partial charge in [-0.1, -0.05) is 24.3 Å². The number of ether oxygens (including phenoxy) is 1. The summed E-state index contributed by atoms with van der Waals surface area (Å²) < 4.78 is 4.98. The lowest BCUT2D eigenvalue weighted by molar-refractivity contribution is -0.131. The summed E-state index contributed by atoms with van der Waals surface area (Å²) in [5.41, 5.74) is 2.10. The first kappa shape index (κ1) is 13.8. The Kier molecular flexibility index (Phi) is 6.43. The zero-order chi connectivity index (χ0) is 12.5. The van der Waals surface area contributed by atoms with Crippen molar-refractivity contribution in [1.82, 2.24) is 0 Å². The van der Waals surface area contributed by atoms with Crippen molar-refractivity contribution >= 4 is 23.8 Å². The Labute approximate surface area is 105 Å². The highest BCUT2D eigenvalue weighted by Gasteiger charge is 1.99. The zero-order valence-corrected chi connectivity index (χ0v) is 10.6. The lowest BCUT2D eigenvalue weighted by Gasteiger charge is -2.05. The van der Waals surface area contributed by atoms with Gasteiger partial charge in [0.25, 0.3) is 0 Å². The van der Waals surface area contributed by atoms with Crippen LogP contribution in [0.1, 0.15) is 11.1 Å². The summed E-state index contributed by atoms with van der Waals surface area (Å²) in [6.07, 6.45) is 2.80. The largest absolute Gasteiger partial charge is 0.478 e. The average Bonchev–Trinajstić information content (AvgIpc) is 2.33. The van der Waals surface area contributed by atoms with Crippen LogP contribution in [0.5, 0.6) is 0 Å². The van der Waals surface area contributed by atoms with Crippen LogP contribution in [0.15, 0.2) is 30.3 Å². The summed E-state index contributed by atoms with van der Waals surface area (Å²) >= 11 is 1.77. The van der Waals surface area contributed by atoms with Gasteiger partial charge in [0.2, 0.25) is 0 Å². The molecule has 17 heavy (non-hydrogen) atoms. The van der Waals surface area contributed by atoms with E-state index in [1.807, 2.05) is 24.3 Å². The number of methoxy groups -OCH3 is 1. The van der Waals surface area contributed by atoms with Gasteiger partial charge in [0.1, 0.15) is 0 Å².